The van der Waals surface area contributed by atoms with Crippen molar-refractivity contribution in [1.82, 2.24) is 18.5 Å². The van der Waals surface area contributed by atoms with Crippen LogP contribution in [-0.4, -0.2) is 18.5 Å². The number of halogens is 1. The SMILES string of the molecule is O=c1c(=O)n(Cc2cc(=O)n3ccccc3n2)ccn1Cc1cccc(Cl)c1. The first kappa shape index (κ1) is 17.9. The molecular weight excluding hydrogens is 380 g/mol. The summed E-state index contributed by atoms with van der Waals surface area (Å²) in [6.07, 6.45) is 4.68. The first-order valence-corrected chi connectivity index (χ1v) is 8.91. The van der Waals surface area contributed by atoms with Crippen molar-refractivity contribution in [3.63, 3.8) is 0 Å². The number of aromatic nitrogens is 4. The van der Waals surface area contributed by atoms with Crippen LogP contribution in [0.2, 0.25) is 5.02 Å². The predicted octanol–water partition coefficient (Wildman–Crippen LogP) is 1.77. The lowest BCUT2D eigenvalue weighted by atomic mass is 10.2. The third kappa shape index (κ3) is 3.52. The highest BCUT2D eigenvalue weighted by molar-refractivity contribution is 6.30. The zero-order valence-electron chi connectivity index (χ0n) is 14.7. The molecular formula is C20H15ClN4O3. The lowest BCUT2D eigenvalue weighted by Crippen LogP contribution is -2.41. The summed E-state index contributed by atoms with van der Waals surface area (Å²) in [7, 11) is 0. The maximum absolute atomic E-state index is 12.5. The second-order valence-electron chi connectivity index (χ2n) is 6.31. The first-order valence-electron chi connectivity index (χ1n) is 8.53. The number of hydrogen-bond donors (Lipinski definition) is 0. The van der Waals surface area contributed by atoms with Gasteiger partial charge in [0.25, 0.3) is 5.56 Å². The minimum Gasteiger partial charge on any atom is -0.305 e. The second-order valence-corrected chi connectivity index (χ2v) is 6.75. The minimum atomic E-state index is -0.681. The van der Waals surface area contributed by atoms with Crippen LogP contribution in [0.25, 0.3) is 5.65 Å². The molecule has 0 saturated heterocycles. The largest absolute Gasteiger partial charge is 0.316 e. The quantitative estimate of drug-likeness (QED) is 0.494. The Morgan fingerprint density at radius 2 is 1.57 bits per heavy atom. The Hall–Kier alpha value is -3.45. The lowest BCUT2D eigenvalue weighted by molar-refractivity contribution is 0.658. The van der Waals surface area contributed by atoms with Gasteiger partial charge in [-0.2, -0.15) is 0 Å². The monoisotopic (exact) mass is 394 g/mol. The fourth-order valence-electron chi connectivity index (χ4n) is 2.98. The predicted molar refractivity (Wildman–Crippen MR) is 106 cm³/mol. The number of hydrogen-bond acceptors (Lipinski definition) is 4. The Balaban J connectivity index is 1.67. The molecule has 0 fully saturated rings. The summed E-state index contributed by atoms with van der Waals surface area (Å²) in [4.78, 5) is 41.5. The van der Waals surface area contributed by atoms with Crippen LogP contribution >= 0.6 is 11.6 Å². The topological polar surface area (TPSA) is 78.4 Å². The van der Waals surface area contributed by atoms with Crippen molar-refractivity contribution in [3.8, 4) is 0 Å². The highest BCUT2D eigenvalue weighted by atomic mass is 35.5. The van der Waals surface area contributed by atoms with Crippen molar-refractivity contribution < 1.29 is 0 Å². The summed E-state index contributed by atoms with van der Waals surface area (Å²) >= 11 is 5.96. The van der Waals surface area contributed by atoms with Crippen LogP contribution in [0.4, 0.5) is 0 Å². The zero-order chi connectivity index (χ0) is 19.7. The maximum Gasteiger partial charge on any atom is 0.316 e. The molecule has 3 aromatic heterocycles. The Kier molecular flexibility index (Phi) is 4.67. The summed E-state index contributed by atoms with van der Waals surface area (Å²) < 4.78 is 3.99. The smallest absolute Gasteiger partial charge is 0.305 e. The van der Waals surface area contributed by atoms with Gasteiger partial charge >= 0.3 is 11.1 Å². The Morgan fingerprint density at radius 3 is 2.32 bits per heavy atom. The molecule has 0 amide bonds. The Bertz CT molecular complexity index is 1350. The summed E-state index contributed by atoms with van der Waals surface area (Å²) in [5, 5.41) is 0.563. The van der Waals surface area contributed by atoms with Gasteiger partial charge < -0.3 is 9.13 Å². The summed E-state index contributed by atoms with van der Waals surface area (Å²) in [6, 6.07) is 13.7. The van der Waals surface area contributed by atoms with E-state index in [0.29, 0.717) is 16.4 Å². The fraction of sp³-hybridized carbons (Fsp3) is 0.100. The Labute approximate surface area is 163 Å². The van der Waals surface area contributed by atoms with E-state index in [1.807, 2.05) is 6.07 Å². The van der Waals surface area contributed by atoms with Crippen LogP contribution in [0, 0.1) is 0 Å². The molecule has 0 bridgehead atoms. The molecule has 0 saturated carbocycles. The molecule has 4 aromatic rings. The normalized spacial score (nSPS) is 11.0. The van der Waals surface area contributed by atoms with Gasteiger partial charge in [0.2, 0.25) is 0 Å². The van der Waals surface area contributed by atoms with Crippen molar-refractivity contribution in [1.29, 1.82) is 0 Å². The van der Waals surface area contributed by atoms with Crippen LogP contribution in [0.3, 0.4) is 0 Å². The Morgan fingerprint density at radius 1 is 0.821 bits per heavy atom. The van der Waals surface area contributed by atoms with E-state index in [1.165, 1.54) is 25.8 Å². The van der Waals surface area contributed by atoms with Crippen LogP contribution in [0.15, 0.2) is 81.5 Å². The van der Waals surface area contributed by atoms with Gasteiger partial charge in [0, 0.05) is 29.7 Å². The van der Waals surface area contributed by atoms with Crippen LogP contribution in [0.1, 0.15) is 11.3 Å². The lowest BCUT2D eigenvalue weighted by Gasteiger charge is -2.10. The average Bonchev–Trinajstić information content (AvgIpc) is 2.68. The van der Waals surface area contributed by atoms with Gasteiger partial charge in [-0.25, -0.2) is 4.98 Å². The maximum atomic E-state index is 12.5. The van der Waals surface area contributed by atoms with E-state index < -0.39 is 11.1 Å². The van der Waals surface area contributed by atoms with E-state index in [2.05, 4.69) is 4.98 Å². The van der Waals surface area contributed by atoms with Gasteiger partial charge in [0.15, 0.2) is 0 Å². The molecule has 8 heteroatoms. The molecule has 0 spiro atoms. The van der Waals surface area contributed by atoms with E-state index in [9.17, 15) is 14.4 Å². The zero-order valence-corrected chi connectivity index (χ0v) is 15.4. The van der Waals surface area contributed by atoms with Crippen molar-refractivity contribution in [2.75, 3.05) is 0 Å². The second kappa shape index (κ2) is 7.28. The van der Waals surface area contributed by atoms with E-state index in [1.54, 1.807) is 48.8 Å². The molecule has 0 atom stereocenters. The third-order valence-electron chi connectivity index (χ3n) is 4.33. The standard InChI is InChI=1S/C20H15ClN4O3/c21-15-5-3-4-14(10-15)12-23-8-9-24(20(28)19(23)27)13-16-11-18(26)25-7-2-1-6-17(25)22-16/h1-11H,12-13H2. The van der Waals surface area contributed by atoms with Gasteiger partial charge in [-0.1, -0.05) is 29.8 Å². The van der Waals surface area contributed by atoms with E-state index in [0.717, 1.165) is 5.56 Å². The molecule has 0 aliphatic carbocycles. The minimum absolute atomic E-state index is 0.0344. The van der Waals surface area contributed by atoms with Crippen molar-refractivity contribution >= 4 is 17.2 Å². The molecule has 0 radical (unpaired) electrons. The van der Waals surface area contributed by atoms with Crippen molar-refractivity contribution in [3.05, 3.63) is 114 Å². The third-order valence-corrected chi connectivity index (χ3v) is 4.56. The molecule has 0 aliphatic rings. The number of benzene rings is 1. The number of nitrogens with zero attached hydrogens (tertiary/aromatic N) is 4. The summed E-state index contributed by atoms with van der Waals surface area (Å²) in [5.74, 6) is 0. The number of pyridine rings is 1. The molecule has 7 nitrogen and oxygen atoms in total. The summed E-state index contributed by atoms with van der Waals surface area (Å²) in [5.41, 5.74) is 0.121. The molecule has 0 unspecified atom stereocenters. The summed E-state index contributed by atoms with van der Waals surface area (Å²) in [6.45, 7) is 0.276. The molecule has 1 aromatic carbocycles. The van der Waals surface area contributed by atoms with Gasteiger partial charge in [-0.05, 0) is 29.8 Å². The molecule has 4 rings (SSSR count). The van der Waals surface area contributed by atoms with Crippen LogP contribution in [0.5, 0.6) is 0 Å². The van der Waals surface area contributed by atoms with Gasteiger partial charge in [-0.15, -0.1) is 0 Å². The van der Waals surface area contributed by atoms with Crippen LogP contribution in [-0.2, 0) is 13.1 Å². The molecule has 140 valence electrons. The number of rotatable bonds is 4. The molecule has 0 N–H and O–H groups in total. The highest BCUT2D eigenvalue weighted by Gasteiger charge is 2.09. The highest BCUT2D eigenvalue weighted by Crippen LogP contribution is 2.11. The van der Waals surface area contributed by atoms with Gasteiger partial charge in [0.1, 0.15) is 5.65 Å². The first-order chi connectivity index (χ1) is 13.5. The van der Waals surface area contributed by atoms with Crippen molar-refractivity contribution in [2.24, 2.45) is 0 Å². The molecule has 0 aliphatic heterocycles. The van der Waals surface area contributed by atoms with Crippen molar-refractivity contribution in [2.45, 2.75) is 13.1 Å². The number of fused-ring (bicyclic) bond motifs is 1. The van der Waals surface area contributed by atoms with Gasteiger partial charge in [0.05, 0.1) is 18.8 Å². The average molecular weight is 395 g/mol. The molecule has 28 heavy (non-hydrogen) atoms. The van der Waals surface area contributed by atoms with Crippen LogP contribution < -0.4 is 16.7 Å². The van der Waals surface area contributed by atoms with E-state index in [4.69, 9.17) is 11.6 Å². The van der Waals surface area contributed by atoms with E-state index in [-0.39, 0.29) is 18.6 Å². The van der Waals surface area contributed by atoms with E-state index >= 15 is 0 Å². The fourth-order valence-corrected chi connectivity index (χ4v) is 3.19. The molecule has 3 heterocycles. The van der Waals surface area contributed by atoms with Gasteiger partial charge in [-0.3, -0.25) is 18.8 Å².